The monoisotopic (exact) mass is 479 g/mol. The number of anilines is 1. The quantitative estimate of drug-likeness (QED) is 0.279. The molecule has 0 atom stereocenters. The number of sulfonamides is 1. The summed E-state index contributed by atoms with van der Waals surface area (Å²) in [6, 6.07) is 21.3. The molecule has 0 fully saturated rings. The van der Waals surface area contributed by atoms with Crippen LogP contribution in [-0.4, -0.2) is 23.2 Å². The number of aromatic nitrogens is 1. The van der Waals surface area contributed by atoms with Crippen LogP contribution in [0.15, 0.2) is 87.9 Å². The molecule has 0 aliphatic heterocycles. The van der Waals surface area contributed by atoms with E-state index >= 15 is 0 Å². The van der Waals surface area contributed by atoms with E-state index in [4.69, 9.17) is 17.4 Å². The number of nitrogens with two attached hydrogens (primary N) is 1. The maximum atomic E-state index is 11.4. The number of nitrogens with zero attached hydrogens (tertiary/aromatic N) is 3. The Kier molecular flexibility index (Phi) is 6.23. The molecule has 0 aliphatic carbocycles. The topological polar surface area (TPSA) is 122 Å². The number of fused-ring (bicyclic) bond motifs is 1. The molecule has 4 N–H and O–H groups in total. The number of hydrogen-bond donors (Lipinski definition) is 3. The highest BCUT2D eigenvalue weighted by atomic mass is 32.2. The van der Waals surface area contributed by atoms with Gasteiger partial charge in [0.05, 0.1) is 17.0 Å². The number of nitrogens with one attached hydrogen (secondary N) is 1. The molecular formula is C23H21N5O3S2. The number of para-hydroxylation sites is 1. The van der Waals surface area contributed by atoms with Crippen LogP contribution in [0.4, 0.5) is 11.4 Å². The Morgan fingerprint density at radius 3 is 2.42 bits per heavy atom. The molecule has 168 valence electrons. The minimum absolute atomic E-state index is 0.00721. The molecule has 1 aromatic heterocycles. The Bertz CT molecular complexity index is 1460. The second-order valence-corrected chi connectivity index (χ2v) is 9.36. The summed E-state index contributed by atoms with van der Waals surface area (Å²) in [5.41, 5.74) is 3.74. The molecule has 0 unspecified atom stereocenters. The van der Waals surface area contributed by atoms with Crippen molar-refractivity contribution in [3.8, 4) is 5.88 Å². The van der Waals surface area contributed by atoms with E-state index in [1.807, 2.05) is 55.5 Å². The first kappa shape index (κ1) is 22.6. The summed E-state index contributed by atoms with van der Waals surface area (Å²) in [4.78, 5) is -0.00730. The molecule has 8 nitrogen and oxygen atoms in total. The van der Waals surface area contributed by atoms with E-state index < -0.39 is 10.0 Å². The van der Waals surface area contributed by atoms with Gasteiger partial charge in [-0.15, -0.1) is 10.2 Å². The van der Waals surface area contributed by atoms with Crippen molar-refractivity contribution < 1.29 is 13.5 Å². The van der Waals surface area contributed by atoms with Crippen molar-refractivity contribution in [1.29, 1.82) is 0 Å². The predicted molar refractivity (Wildman–Crippen MR) is 132 cm³/mol. The van der Waals surface area contributed by atoms with Crippen LogP contribution in [0.25, 0.3) is 10.9 Å². The summed E-state index contributed by atoms with van der Waals surface area (Å²) in [7, 11) is -3.78. The number of aromatic hydroxyl groups is 1. The van der Waals surface area contributed by atoms with Gasteiger partial charge in [-0.05, 0) is 54.5 Å². The third-order valence-electron chi connectivity index (χ3n) is 5.09. The Labute approximate surface area is 196 Å². The number of hydrogen-bond acceptors (Lipinski definition) is 5. The summed E-state index contributed by atoms with van der Waals surface area (Å²) in [5, 5.41) is 28.0. The lowest BCUT2D eigenvalue weighted by molar-refractivity contribution is 0.429. The van der Waals surface area contributed by atoms with Gasteiger partial charge in [0.2, 0.25) is 21.0 Å². The van der Waals surface area contributed by atoms with Gasteiger partial charge in [0, 0.05) is 11.1 Å². The van der Waals surface area contributed by atoms with Gasteiger partial charge < -0.3 is 15.0 Å². The van der Waals surface area contributed by atoms with E-state index in [-0.39, 0.29) is 15.9 Å². The number of rotatable bonds is 5. The molecule has 0 amide bonds. The highest BCUT2D eigenvalue weighted by Gasteiger charge is 2.18. The van der Waals surface area contributed by atoms with E-state index in [9.17, 15) is 13.5 Å². The molecule has 33 heavy (non-hydrogen) atoms. The van der Waals surface area contributed by atoms with Crippen LogP contribution in [-0.2, 0) is 16.6 Å². The number of primary sulfonamides is 1. The molecular weight excluding hydrogens is 458 g/mol. The van der Waals surface area contributed by atoms with Crippen LogP contribution >= 0.6 is 12.2 Å². The second-order valence-electron chi connectivity index (χ2n) is 7.41. The van der Waals surface area contributed by atoms with Crippen LogP contribution in [0, 0.1) is 6.92 Å². The average Bonchev–Trinajstić information content (AvgIpc) is 3.05. The zero-order chi connectivity index (χ0) is 23.6. The fourth-order valence-electron chi connectivity index (χ4n) is 3.55. The fraction of sp³-hybridized carbons (Fsp3) is 0.0870. The average molecular weight is 480 g/mol. The molecule has 10 heteroatoms. The van der Waals surface area contributed by atoms with Crippen molar-refractivity contribution in [1.82, 2.24) is 4.57 Å². The van der Waals surface area contributed by atoms with Crippen molar-refractivity contribution >= 4 is 49.6 Å². The zero-order valence-corrected chi connectivity index (χ0v) is 19.3. The first-order chi connectivity index (χ1) is 15.7. The molecule has 1 heterocycles. The lowest BCUT2D eigenvalue weighted by Crippen LogP contribution is -2.12. The van der Waals surface area contributed by atoms with Crippen LogP contribution in [0.3, 0.4) is 0 Å². The van der Waals surface area contributed by atoms with E-state index in [2.05, 4.69) is 15.5 Å². The van der Waals surface area contributed by atoms with Crippen LogP contribution in [0.5, 0.6) is 5.88 Å². The van der Waals surface area contributed by atoms with E-state index in [1.54, 1.807) is 4.57 Å². The van der Waals surface area contributed by atoms with Crippen molar-refractivity contribution in [2.75, 3.05) is 5.32 Å². The standard InChI is InChI=1S/C23H21N5O3S2/c1-15-6-5-9-19-20(22(29)28(21(15)19)14-16-7-3-2-4-8-16)26-27-23(32)25-17-10-12-18(13-11-17)33(24,30)31/h2-13,29H,14H2,1H3,(H,25,32)(H2,24,30,31). The van der Waals surface area contributed by atoms with Gasteiger partial charge >= 0.3 is 0 Å². The Balaban J connectivity index is 1.62. The Hall–Kier alpha value is -3.60. The van der Waals surface area contributed by atoms with Gasteiger partial charge in [-0.1, -0.05) is 48.5 Å². The van der Waals surface area contributed by atoms with E-state index in [1.165, 1.54) is 24.3 Å². The van der Waals surface area contributed by atoms with Crippen LogP contribution in [0.2, 0.25) is 0 Å². The molecule has 0 saturated heterocycles. The summed E-state index contributed by atoms with van der Waals surface area (Å²) < 4.78 is 24.6. The maximum absolute atomic E-state index is 11.4. The summed E-state index contributed by atoms with van der Waals surface area (Å²) in [5.74, 6) is -0.00721. The summed E-state index contributed by atoms with van der Waals surface area (Å²) >= 11 is 5.24. The highest BCUT2D eigenvalue weighted by molar-refractivity contribution is 7.89. The number of azo groups is 1. The minimum atomic E-state index is -3.78. The van der Waals surface area contributed by atoms with E-state index in [0.29, 0.717) is 17.9 Å². The largest absolute Gasteiger partial charge is 0.493 e. The summed E-state index contributed by atoms with van der Waals surface area (Å²) in [6.45, 7) is 2.45. The number of thiocarbonyl (C=S) groups is 1. The van der Waals surface area contributed by atoms with Crippen LogP contribution < -0.4 is 10.5 Å². The molecule has 4 aromatic rings. The normalized spacial score (nSPS) is 11.8. The van der Waals surface area contributed by atoms with Crippen molar-refractivity contribution in [3.63, 3.8) is 0 Å². The predicted octanol–water partition coefficient (Wildman–Crippen LogP) is 4.83. The third kappa shape index (κ3) is 4.92. The van der Waals surface area contributed by atoms with Crippen molar-refractivity contribution in [3.05, 3.63) is 83.9 Å². The third-order valence-corrected chi connectivity index (χ3v) is 6.20. The first-order valence-corrected chi connectivity index (χ1v) is 11.9. The molecule has 0 aliphatic rings. The first-order valence-electron chi connectivity index (χ1n) is 9.94. The zero-order valence-electron chi connectivity index (χ0n) is 17.6. The smallest absolute Gasteiger partial charge is 0.238 e. The van der Waals surface area contributed by atoms with E-state index in [0.717, 1.165) is 22.0 Å². The van der Waals surface area contributed by atoms with Gasteiger partial charge in [0.1, 0.15) is 0 Å². The van der Waals surface area contributed by atoms with Gasteiger partial charge in [0.25, 0.3) is 0 Å². The van der Waals surface area contributed by atoms with Crippen LogP contribution in [0.1, 0.15) is 11.1 Å². The maximum Gasteiger partial charge on any atom is 0.238 e. The highest BCUT2D eigenvalue weighted by Crippen LogP contribution is 2.40. The summed E-state index contributed by atoms with van der Waals surface area (Å²) in [6.07, 6.45) is 0. The second kappa shape index (κ2) is 9.10. The molecule has 0 radical (unpaired) electrons. The SMILES string of the molecule is Cc1cccc2c(N=NC(=S)Nc3ccc(S(N)(=O)=O)cc3)c(O)n(Cc3ccccc3)c12. The lowest BCUT2D eigenvalue weighted by Gasteiger charge is -2.08. The Morgan fingerprint density at radius 1 is 1.06 bits per heavy atom. The molecule has 4 rings (SSSR count). The Morgan fingerprint density at radius 2 is 1.76 bits per heavy atom. The molecule has 0 bridgehead atoms. The van der Waals surface area contributed by atoms with Crippen molar-refractivity contribution in [2.45, 2.75) is 18.4 Å². The van der Waals surface area contributed by atoms with Gasteiger partial charge in [0.15, 0.2) is 5.69 Å². The molecule has 3 aromatic carbocycles. The van der Waals surface area contributed by atoms with Gasteiger partial charge in [-0.3, -0.25) is 0 Å². The van der Waals surface area contributed by atoms with Gasteiger partial charge in [-0.2, -0.15) is 0 Å². The molecule has 0 saturated carbocycles. The van der Waals surface area contributed by atoms with Gasteiger partial charge in [-0.25, -0.2) is 13.6 Å². The lowest BCUT2D eigenvalue weighted by atomic mass is 10.1. The van der Waals surface area contributed by atoms with Crippen molar-refractivity contribution in [2.24, 2.45) is 15.4 Å². The number of aryl methyl sites for hydroxylation is 1. The molecule has 0 spiro atoms. The number of benzene rings is 3. The fourth-order valence-corrected chi connectivity index (χ4v) is 4.23. The minimum Gasteiger partial charge on any atom is -0.493 e.